The van der Waals surface area contributed by atoms with Crippen molar-refractivity contribution in [2.75, 3.05) is 80.4 Å². The van der Waals surface area contributed by atoms with Crippen molar-refractivity contribution in [3.05, 3.63) is 0 Å². The molecule has 1 aromatic heterocycles. The van der Waals surface area contributed by atoms with Gasteiger partial charge in [-0.25, -0.2) is 0 Å². The largest absolute Gasteiger partial charge is 0.378 e. The van der Waals surface area contributed by atoms with Gasteiger partial charge in [-0.2, -0.15) is 15.0 Å². The predicted octanol–water partition coefficient (Wildman–Crippen LogP) is 0.145. The van der Waals surface area contributed by atoms with Crippen LogP contribution in [0.25, 0.3) is 0 Å². The molecule has 0 N–H and O–H groups in total. The van der Waals surface area contributed by atoms with Crippen LogP contribution in [0.2, 0.25) is 0 Å². The van der Waals surface area contributed by atoms with Crippen LogP contribution in [0.15, 0.2) is 0 Å². The highest BCUT2D eigenvalue weighted by atomic mass is 16.5. The Morgan fingerprint density at radius 3 is 1.26 bits per heavy atom. The van der Waals surface area contributed by atoms with Gasteiger partial charge in [-0.3, -0.25) is 0 Å². The summed E-state index contributed by atoms with van der Waals surface area (Å²) in [4.78, 5) is 20.9. The molecule has 4 heterocycles. The van der Waals surface area contributed by atoms with Gasteiger partial charge in [-0.1, -0.05) is 0 Å². The molecule has 3 aliphatic rings. The predicted molar refractivity (Wildman–Crippen MR) is 87.3 cm³/mol. The minimum absolute atomic E-state index is 0.734. The minimum Gasteiger partial charge on any atom is -0.378 e. The maximum absolute atomic E-state index is 5.45. The number of aromatic nitrogens is 3. The van der Waals surface area contributed by atoms with E-state index in [2.05, 4.69) is 14.7 Å². The van der Waals surface area contributed by atoms with Gasteiger partial charge >= 0.3 is 0 Å². The fourth-order valence-electron chi connectivity index (χ4n) is 3.21. The summed E-state index contributed by atoms with van der Waals surface area (Å²) in [5.41, 5.74) is 0. The molecule has 8 nitrogen and oxygen atoms in total. The zero-order chi connectivity index (χ0) is 15.5. The Labute approximate surface area is 136 Å². The number of rotatable bonds is 3. The molecule has 0 aromatic carbocycles. The number of hydrogen-bond acceptors (Lipinski definition) is 8. The van der Waals surface area contributed by atoms with Crippen LogP contribution in [0, 0.1) is 0 Å². The quantitative estimate of drug-likeness (QED) is 0.779. The summed E-state index contributed by atoms with van der Waals surface area (Å²) in [5, 5.41) is 0. The van der Waals surface area contributed by atoms with Crippen LogP contribution in [-0.4, -0.2) is 80.6 Å². The van der Waals surface area contributed by atoms with Crippen molar-refractivity contribution in [1.82, 2.24) is 15.0 Å². The third-order valence-electron chi connectivity index (χ3n) is 4.58. The van der Waals surface area contributed by atoms with Crippen LogP contribution >= 0.6 is 0 Å². The Kier molecular flexibility index (Phi) is 4.43. The van der Waals surface area contributed by atoms with Gasteiger partial charge in [-0.15, -0.1) is 0 Å². The highest BCUT2D eigenvalue weighted by Crippen LogP contribution is 2.23. The maximum Gasteiger partial charge on any atom is 0.232 e. The Morgan fingerprint density at radius 2 is 0.870 bits per heavy atom. The molecular formula is C15H24N6O2. The SMILES string of the molecule is C1CCN(c2nc(N3CCOCC3)nc(N3CCOCC3)n2)C1. The molecule has 0 atom stereocenters. The van der Waals surface area contributed by atoms with Crippen LogP contribution in [0.5, 0.6) is 0 Å². The van der Waals surface area contributed by atoms with Gasteiger partial charge in [0.1, 0.15) is 0 Å². The Balaban J connectivity index is 1.64. The Hall–Kier alpha value is -1.67. The van der Waals surface area contributed by atoms with Gasteiger partial charge < -0.3 is 24.2 Å². The van der Waals surface area contributed by atoms with E-state index in [9.17, 15) is 0 Å². The van der Waals surface area contributed by atoms with E-state index in [0.717, 1.165) is 83.5 Å². The summed E-state index contributed by atoms with van der Waals surface area (Å²) in [5.74, 6) is 2.39. The van der Waals surface area contributed by atoms with E-state index in [1.807, 2.05) is 0 Å². The lowest BCUT2D eigenvalue weighted by Gasteiger charge is -2.31. The third-order valence-corrected chi connectivity index (χ3v) is 4.58. The van der Waals surface area contributed by atoms with Crippen molar-refractivity contribution >= 4 is 17.8 Å². The fraction of sp³-hybridized carbons (Fsp3) is 0.800. The van der Waals surface area contributed by atoms with Crippen molar-refractivity contribution in [2.24, 2.45) is 0 Å². The van der Waals surface area contributed by atoms with Gasteiger partial charge in [0, 0.05) is 39.3 Å². The van der Waals surface area contributed by atoms with Crippen LogP contribution in [0.4, 0.5) is 17.8 Å². The number of morpholine rings is 2. The van der Waals surface area contributed by atoms with E-state index in [1.165, 1.54) is 12.8 Å². The van der Waals surface area contributed by atoms with Crippen molar-refractivity contribution < 1.29 is 9.47 Å². The topological polar surface area (TPSA) is 66.9 Å². The zero-order valence-electron chi connectivity index (χ0n) is 13.5. The average molecular weight is 320 g/mol. The first kappa shape index (κ1) is 14.9. The number of nitrogens with zero attached hydrogens (tertiary/aromatic N) is 6. The summed E-state index contributed by atoms with van der Waals surface area (Å²) in [6.07, 6.45) is 2.43. The number of anilines is 3. The second kappa shape index (κ2) is 6.84. The Morgan fingerprint density at radius 1 is 0.522 bits per heavy atom. The number of ether oxygens (including phenoxy) is 2. The summed E-state index contributed by atoms with van der Waals surface area (Å²) in [7, 11) is 0. The molecule has 3 fully saturated rings. The molecule has 8 heteroatoms. The van der Waals surface area contributed by atoms with Gasteiger partial charge in [0.05, 0.1) is 26.4 Å². The Bertz CT molecular complexity index is 488. The average Bonchev–Trinajstić information content (AvgIpc) is 3.18. The van der Waals surface area contributed by atoms with E-state index < -0.39 is 0 Å². The molecule has 0 spiro atoms. The van der Waals surface area contributed by atoms with E-state index in [4.69, 9.17) is 24.4 Å². The summed E-state index contributed by atoms with van der Waals surface area (Å²) in [6.45, 7) is 8.37. The summed E-state index contributed by atoms with van der Waals surface area (Å²) >= 11 is 0. The first-order valence-corrected chi connectivity index (χ1v) is 8.56. The molecule has 0 radical (unpaired) electrons. The first-order valence-electron chi connectivity index (χ1n) is 8.56. The van der Waals surface area contributed by atoms with E-state index in [1.54, 1.807) is 0 Å². The molecule has 4 rings (SSSR count). The van der Waals surface area contributed by atoms with Crippen LogP contribution in [0.1, 0.15) is 12.8 Å². The summed E-state index contributed by atoms with van der Waals surface area (Å²) in [6, 6.07) is 0. The normalized spacial score (nSPS) is 22.7. The maximum atomic E-state index is 5.45. The van der Waals surface area contributed by atoms with E-state index in [-0.39, 0.29) is 0 Å². The van der Waals surface area contributed by atoms with E-state index in [0.29, 0.717) is 0 Å². The highest BCUT2D eigenvalue weighted by molar-refractivity contribution is 5.47. The monoisotopic (exact) mass is 320 g/mol. The standard InChI is InChI=1S/C15H24N6O2/c1-2-4-19(3-1)13-16-14(20-5-9-22-10-6-20)18-15(17-13)21-7-11-23-12-8-21/h1-12H2. The van der Waals surface area contributed by atoms with Gasteiger partial charge in [0.15, 0.2) is 0 Å². The van der Waals surface area contributed by atoms with Crippen molar-refractivity contribution in [3.8, 4) is 0 Å². The lowest BCUT2D eigenvalue weighted by molar-refractivity contribution is 0.121. The molecule has 23 heavy (non-hydrogen) atoms. The molecule has 0 unspecified atom stereocenters. The smallest absolute Gasteiger partial charge is 0.232 e. The lowest BCUT2D eigenvalue weighted by Crippen LogP contribution is -2.40. The highest BCUT2D eigenvalue weighted by Gasteiger charge is 2.23. The number of hydrogen-bond donors (Lipinski definition) is 0. The molecule has 0 saturated carbocycles. The van der Waals surface area contributed by atoms with Gasteiger partial charge in [0.2, 0.25) is 17.8 Å². The molecule has 0 amide bonds. The minimum atomic E-state index is 0.734. The molecule has 126 valence electrons. The first-order chi connectivity index (χ1) is 11.4. The van der Waals surface area contributed by atoms with Crippen LogP contribution in [-0.2, 0) is 9.47 Å². The van der Waals surface area contributed by atoms with Crippen molar-refractivity contribution in [3.63, 3.8) is 0 Å². The van der Waals surface area contributed by atoms with Crippen molar-refractivity contribution in [1.29, 1.82) is 0 Å². The van der Waals surface area contributed by atoms with Gasteiger partial charge in [-0.05, 0) is 12.8 Å². The van der Waals surface area contributed by atoms with Crippen LogP contribution < -0.4 is 14.7 Å². The van der Waals surface area contributed by atoms with E-state index >= 15 is 0 Å². The fourth-order valence-corrected chi connectivity index (χ4v) is 3.21. The lowest BCUT2D eigenvalue weighted by atomic mass is 10.4. The molecule has 0 bridgehead atoms. The molecule has 3 aliphatic heterocycles. The zero-order valence-corrected chi connectivity index (χ0v) is 13.5. The molecule has 1 aromatic rings. The molecular weight excluding hydrogens is 296 g/mol. The van der Waals surface area contributed by atoms with Gasteiger partial charge in [0.25, 0.3) is 0 Å². The second-order valence-corrected chi connectivity index (χ2v) is 6.13. The third kappa shape index (κ3) is 3.32. The molecule has 0 aliphatic carbocycles. The van der Waals surface area contributed by atoms with Crippen LogP contribution in [0.3, 0.4) is 0 Å². The molecule has 3 saturated heterocycles. The summed E-state index contributed by atoms with van der Waals surface area (Å²) < 4.78 is 10.9. The second-order valence-electron chi connectivity index (χ2n) is 6.13. The van der Waals surface area contributed by atoms with Crippen molar-refractivity contribution in [2.45, 2.75) is 12.8 Å².